The molecule has 0 bridgehead atoms. The molecule has 1 aliphatic heterocycles. The Morgan fingerprint density at radius 3 is 2.50 bits per heavy atom. The molecule has 136 valence electrons. The van der Waals surface area contributed by atoms with E-state index < -0.39 is 0 Å². The Morgan fingerprint density at radius 1 is 1.29 bits per heavy atom. The van der Waals surface area contributed by atoms with Crippen LogP contribution in [0, 0.1) is 17.3 Å². The highest BCUT2D eigenvalue weighted by Gasteiger charge is 2.29. The van der Waals surface area contributed by atoms with E-state index in [0.717, 1.165) is 13.1 Å². The summed E-state index contributed by atoms with van der Waals surface area (Å²) in [6, 6.07) is 10.3. The summed E-state index contributed by atoms with van der Waals surface area (Å²) in [5, 5.41) is 6.73. The van der Waals surface area contributed by atoms with Crippen molar-refractivity contribution in [1.82, 2.24) is 10.6 Å². The third kappa shape index (κ3) is 6.10. The summed E-state index contributed by atoms with van der Waals surface area (Å²) in [6.07, 6.45) is 3.08. The molecule has 1 aromatic carbocycles. The fraction of sp³-hybridized carbons (Fsp3) is 0.650. The van der Waals surface area contributed by atoms with Gasteiger partial charge in [0.15, 0.2) is 0 Å². The van der Waals surface area contributed by atoms with Crippen molar-refractivity contribution in [1.29, 1.82) is 0 Å². The lowest BCUT2D eigenvalue weighted by Crippen LogP contribution is -2.39. The first kappa shape index (κ1) is 21.0. The van der Waals surface area contributed by atoms with Crippen LogP contribution in [-0.2, 0) is 4.79 Å². The standard InChI is InChI=1S/C20H32N2O.ClH/c1-15(17-11-8-12-21-14-17)13-18(23)22-19(20(2,3)4)16-9-6-5-7-10-16;/h5-7,9-10,15,17,19,21H,8,11-14H2,1-4H3,(H,22,23);1H. The molecule has 1 aromatic rings. The summed E-state index contributed by atoms with van der Waals surface area (Å²) in [6.45, 7) is 10.9. The minimum absolute atomic E-state index is 0. The van der Waals surface area contributed by atoms with Crippen LogP contribution < -0.4 is 10.6 Å². The van der Waals surface area contributed by atoms with Gasteiger partial charge in [-0.25, -0.2) is 0 Å². The molecule has 1 fully saturated rings. The van der Waals surface area contributed by atoms with E-state index in [9.17, 15) is 4.79 Å². The van der Waals surface area contributed by atoms with Gasteiger partial charge in [-0.05, 0) is 48.7 Å². The van der Waals surface area contributed by atoms with E-state index in [-0.39, 0.29) is 29.8 Å². The highest BCUT2D eigenvalue weighted by molar-refractivity contribution is 5.85. The van der Waals surface area contributed by atoms with Crippen molar-refractivity contribution < 1.29 is 4.79 Å². The molecule has 0 saturated carbocycles. The molecule has 3 unspecified atom stereocenters. The zero-order valence-electron chi connectivity index (χ0n) is 15.5. The lowest BCUT2D eigenvalue weighted by Gasteiger charge is -2.33. The number of carbonyl (C=O) groups is 1. The molecule has 1 aliphatic rings. The molecule has 0 radical (unpaired) electrons. The monoisotopic (exact) mass is 352 g/mol. The van der Waals surface area contributed by atoms with Crippen molar-refractivity contribution >= 4 is 18.3 Å². The molecule has 1 heterocycles. The van der Waals surface area contributed by atoms with Crippen LogP contribution in [0.3, 0.4) is 0 Å². The SMILES string of the molecule is CC(CC(=O)NC(c1ccccc1)C(C)(C)C)C1CCCNC1.Cl. The summed E-state index contributed by atoms with van der Waals surface area (Å²) in [5.41, 5.74) is 1.17. The number of hydrogen-bond acceptors (Lipinski definition) is 2. The van der Waals surface area contributed by atoms with E-state index in [1.807, 2.05) is 18.2 Å². The quantitative estimate of drug-likeness (QED) is 0.827. The number of amides is 1. The summed E-state index contributed by atoms with van der Waals surface area (Å²) < 4.78 is 0. The van der Waals surface area contributed by atoms with Crippen LogP contribution in [-0.4, -0.2) is 19.0 Å². The average molecular weight is 353 g/mol. The Kier molecular flexibility index (Phi) is 8.24. The molecule has 0 aromatic heterocycles. The van der Waals surface area contributed by atoms with Crippen LogP contribution in [0.25, 0.3) is 0 Å². The normalized spacial score (nSPS) is 20.6. The second kappa shape index (κ2) is 9.43. The maximum absolute atomic E-state index is 12.6. The highest BCUT2D eigenvalue weighted by Crippen LogP contribution is 2.33. The number of nitrogens with one attached hydrogen (secondary N) is 2. The van der Waals surface area contributed by atoms with Crippen LogP contribution >= 0.6 is 12.4 Å². The average Bonchev–Trinajstić information content (AvgIpc) is 2.53. The Morgan fingerprint density at radius 2 is 1.96 bits per heavy atom. The van der Waals surface area contributed by atoms with Gasteiger partial charge in [0.25, 0.3) is 0 Å². The number of halogens is 1. The molecule has 1 saturated heterocycles. The van der Waals surface area contributed by atoms with Gasteiger partial charge in [0.2, 0.25) is 5.91 Å². The zero-order chi connectivity index (χ0) is 16.9. The Hall–Kier alpha value is -1.06. The molecule has 2 N–H and O–H groups in total. The topological polar surface area (TPSA) is 41.1 Å². The largest absolute Gasteiger partial charge is 0.349 e. The van der Waals surface area contributed by atoms with E-state index in [0.29, 0.717) is 18.3 Å². The van der Waals surface area contributed by atoms with Gasteiger partial charge < -0.3 is 10.6 Å². The summed E-state index contributed by atoms with van der Waals surface area (Å²) in [4.78, 5) is 12.6. The first-order valence-electron chi connectivity index (χ1n) is 8.93. The number of rotatable bonds is 5. The van der Waals surface area contributed by atoms with E-state index in [1.165, 1.54) is 18.4 Å². The Labute approximate surface area is 153 Å². The van der Waals surface area contributed by atoms with Gasteiger partial charge in [-0.1, -0.05) is 58.0 Å². The third-order valence-corrected chi connectivity index (χ3v) is 4.95. The first-order chi connectivity index (χ1) is 10.9. The van der Waals surface area contributed by atoms with E-state index in [1.54, 1.807) is 0 Å². The predicted molar refractivity (Wildman–Crippen MR) is 103 cm³/mol. The van der Waals surface area contributed by atoms with Crippen molar-refractivity contribution in [3.8, 4) is 0 Å². The van der Waals surface area contributed by atoms with E-state index in [4.69, 9.17) is 0 Å². The number of hydrogen-bond donors (Lipinski definition) is 2. The molecular weight excluding hydrogens is 320 g/mol. The van der Waals surface area contributed by atoms with Gasteiger partial charge in [0.05, 0.1) is 6.04 Å². The fourth-order valence-electron chi connectivity index (χ4n) is 3.49. The van der Waals surface area contributed by atoms with E-state index in [2.05, 4.69) is 50.5 Å². The van der Waals surface area contributed by atoms with Crippen LogP contribution in [0.2, 0.25) is 0 Å². The van der Waals surface area contributed by atoms with Crippen molar-refractivity contribution in [2.75, 3.05) is 13.1 Å². The highest BCUT2D eigenvalue weighted by atomic mass is 35.5. The Balaban J connectivity index is 0.00000288. The van der Waals surface area contributed by atoms with Crippen molar-refractivity contribution in [2.24, 2.45) is 17.3 Å². The van der Waals surface area contributed by atoms with Crippen LogP contribution in [0.1, 0.15) is 58.6 Å². The van der Waals surface area contributed by atoms with Gasteiger partial charge in [-0.3, -0.25) is 4.79 Å². The van der Waals surface area contributed by atoms with Gasteiger partial charge in [0.1, 0.15) is 0 Å². The Bertz CT molecular complexity index is 492. The summed E-state index contributed by atoms with van der Waals surface area (Å²) in [7, 11) is 0. The summed E-state index contributed by atoms with van der Waals surface area (Å²) >= 11 is 0. The second-order valence-electron chi connectivity index (χ2n) is 8.07. The third-order valence-electron chi connectivity index (χ3n) is 4.95. The van der Waals surface area contributed by atoms with Crippen LogP contribution in [0.5, 0.6) is 0 Å². The molecule has 3 atom stereocenters. The lowest BCUT2D eigenvalue weighted by molar-refractivity contribution is -0.123. The maximum atomic E-state index is 12.6. The molecule has 4 heteroatoms. The smallest absolute Gasteiger partial charge is 0.220 e. The fourth-order valence-corrected chi connectivity index (χ4v) is 3.49. The molecular formula is C20H33ClN2O. The lowest BCUT2D eigenvalue weighted by atomic mass is 9.81. The molecule has 24 heavy (non-hydrogen) atoms. The van der Waals surface area contributed by atoms with Crippen molar-refractivity contribution in [3.63, 3.8) is 0 Å². The maximum Gasteiger partial charge on any atom is 0.220 e. The molecule has 0 spiro atoms. The number of piperidine rings is 1. The van der Waals surface area contributed by atoms with Crippen LogP contribution in [0.4, 0.5) is 0 Å². The molecule has 0 aliphatic carbocycles. The van der Waals surface area contributed by atoms with Crippen molar-refractivity contribution in [3.05, 3.63) is 35.9 Å². The van der Waals surface area contributed by atoms with Gasteiger partial charge in [-0.15, -0.1) is 12.4 Å². The minimum atomic E-state index is -0.00730. The van der Waals surface area contributed by atoms with E-state index >= 15 is 0 Å². The second-order valence-corrected chi connectivity index (χ2v) is 8.07. The predicted octanol–water partition coefficient (Wildman–Crippen LogP) is 4.34. The van der Waals surface area contributed by atoms with Crippen molar-refractivity contribution in [2.45, 2.75) is 53.0 Å². The number of carbonyl (C=O) groups excluding carboxylic acids is 1. The molecule has 2 rings (SSSR count). The first-order valence-corrected chi connectivity index (χ1v) is 8.93. The van der Waals surface area contributed by atoms with Crippen LogP contribution in [0.15, 0.2) is 30.3 Å². The van der Waals surface area contributed by atoms with Gasteiger partial charge in [0, 0.05) is 6.42 Å². The van der Waals surface area contributed by atoms with Gasteiger partial charge >= 0.3 is 0 Å². The number of benzene rings is 1. The molecule has 3 nitrogen and oxygen atoms in total. The van der Waals surface area contributed by atoms with Gasteiger partial charge in [-0.2, -0.15) is 0 Å². The molecule has 1 amide bonds. The zero-order valence-corrected chi connectivity index (χ0v) is 16.3. The minimum Gasteiger partial charge on any atom is -0.349 e. The summed E-state index contributed by atoms with van der Waals surface area (Å²) in [5.74, 6) is 1.23.